The van der Waals surface area contributed by atoms with Crippen molar-refractivity contribution in [1.82, 2.24) is 9.97 Å². The molecule has 0 aliphatic carbocycles. The van der Waals surface area contributed by atoms with Crippen molar-refractivity contribution in [3.05, 3.63) is 69.3 Å². The summed E-state index contributed by atoms with van der Waals surface area (Å²) in [7, 11) is 0. The van der Waals surface area contributed by atoms with E-state index in [-0.39, 0.29) is 0 Å². The van der Waals surface area contributed by atoms with Crippen molar-refractivity contribution in [2.45, 2.75) is 104 Å². The molecule has 0 aliphatic rings. The van der Waals surface area contributed by atoms with E-state index in [0.717, 1.165) is 11.4 Å². The van der Waals surface area contributed by atoms with Gasteiger partial charge >= 0.3 is 0 Å². The number of hydrogen-bond acceptors (Lipinski definition) is 6. The first-order chi connectivity index (χ1) is 21.7. The molecule has 6 heteroatoms. The third-order valence-corrected chi connectivity index (χ3v) is 13.1. The van der Waals surface area contributed by atoms with Crippen LogP contribution in [0.1, 0.15) is 101 Å². The van der Waals surface area contributed by atoms with E-state index in [4.69, 9.17) is 9.97 Å². The summed E-state index contributed by atoms with van der Waals surface area (Å²) in [4.78, 5) is 12.6. The minimum absolute atomic E-state index is 0.939. The third kappa shape index (κ3) is 7.70. The molecule has 230 valence electrons. The maximum atomic E-state index is 4.77. The Bertz CT molecular complexity index is 1640. The zero-order valence-corrected chi connectivity index (χ0v) is 29.5. The fraction of sp³-hybridized carbons (Fsp3) is 0.421. The van der Waals surface area contributed by atoms with E-state index in [1.807, 2.05) is 57.7 Å². The number of thiophene rings is 4. The molecule has 6 rings (SSSR count). The zero-order valence-electron chi connectivity index (χ0n) is 26.2. The molecule has 0 radical (unpaired) electrons. The Morgan fingerprint density at radius 2 is 0.955 bits per heavy atom. The fourth-order valence-electron chi connectivity index (χ4n) is 6.03. The van der Waals surface area contributed by atoms with Crippen molar-refractivity contribution < 1.29 is 0 Å². The van der Waals surface area contributed by atoms with Crippen molar-refractivity contribution in [3.63, 3.8) is 0 Å². The molecule has 0 N–H and O–H groups in total. The van der Waals surface area contributed by atoms with Gasteiger partial charge in [-0.15, -0.1) is 45.3 Å². The zero-order chi connectivity index (χ0) is 30.1. The van der Waals surface area contributed by atoms with Gasteiger partial charge in [0.1, 0.15) is 0 Å². The molecule has 0 unspecified atom stereocenters. The maximum Gasteiger partial charge on any atom is 0.0892 e. The number of unbranched alkanes of at least 4 members (excludes halogenated alkanes) is 10. The lowest BCUT2D eigenvalue weighted by Gasteiger charge is -2.06. The molecule has 6 heterocycles. The van der Waals surface area contributed by atoms with Crippen LogP contribution in [0.2, 0.25) is 0 Å². The molecule has 6 aromatic rings. The molecule has 0 aromatic carbocycles. The van der Waals surface area contributed by atoms with Gasteiger partial charge in [-0.2, -0.15) is 0 Å². The summed E-state index contributed by atoms with van der Waals surface area (Å²) in [5, 5.41) is 4.64. The summed E-state index contributed by atoms with van der Waals surface area (Å²) < 4.78 is 5.67. The predicted molar refractivity (Wildman–Crippen MR) is 199 cm³/mol. The summed E-state index contributed by atoms with van der Waals surface area (Å²) in [6.45, 7) is 4.57. The third-order valence-electron chi connectivity index (χ3n) is 8.55. The standard InChI is InChI=1S/C38H44N2S4/c1-3-5-7-9-11-13-15-29-23-35-37(43-29)31(25-41-35)27-17-19-39-33(21-27)34-22-28(18-20-40-34)32-26-42-36-24-30(44-38(32)36)16-14-12-10-8-6-4-2/h17-26H,3-16H2,1-2H3. The van der Waals surface area contributed by atoms with E-state index in [1.165, 1.54) is 141 Å². The molecule has 0 bridgehead atoms. The molecule has 44 heavy (non-hydrogen) atoms. The average Bonchev–Trinajstić information content (AvgIpc) is 3.82. The van der Waals surface area contributed by atoms with Gasteiger partial charge in [0.25, 0.3) is 0 Å². The van der Waals surface area contributed by atoms with Crippen molar-refractivity contribution in [1.29, 1.82) is 0 Å². The fourth-order valence-corrected chi connectivity index (χ4v) is 11.0. The number of fused-ring (bicyclic) bond motifs is 2. The minimum Gasteiger partial charge on any atom is -0.255 e. The second-order valence-electron chi connectivity index (χ2n) is 12.0. The van der Waals surface area contributed by atoms with Crippen LogP contribution in [-0.2, 0) is 12.8 Å². The van der Waals surface area contributed by atoms with Gasteiger partial charge in [-0.1, -0.05) is 78.1 Å². The highest BCUT2D eigenvalue weighted by Gasteiger charge is 2.15. The normalized spacial score (nSPS) is 11.8. The lowest BCUT2D eigenvalue weighted by Crippen LogP contribution is -1.89. The lowest BCUT2D eigenvalue weighted by molar-refractivity contribution is 0.609. The first kappa shape index (κ1) is 31.6. The second-order valence-corrected chi connectivity index (χ2v) is 16.1. The van der Waals surface area contributed by atoms with Gasteiger partial charge in [0.05, 0.1) is 20.8 Å². The van der Waals surface area contributed by atoms with Crippen LogP contribution in [0, 0.1) is 0 Å². The van der Waals surface area contributed by atoms with Crippen LogP contribution in [-0.4, -0.2) is 9.97 Å². The van der Waals surface area contributed by atoms with Crippen molar-refractivity contribution in [2.24, 2.45) is 0 Å². The molecular weight excluding hydrogens is 613 g/mol. The lowest BCUT2D eigenvalue weighted by atomic mass is 10.1. The van der Waals surface area contributed by atoms with E-state index < -0.39 is 0 Å². The van der Waals surface area contributed by atoms with Gasteiger partial charge in [-0.3, -0.25) is 9.97 Å². The molecule has 0 aliphatic heterocycles. The highest BCUT2D eigenvalue weighted by atomic mass is 32.1. The number of aryl methyl sites for hydroxylation is 2. The van der Waals surface area contributed by atoms with Crippen LogP contribution < -0.4 is 0 Å². The number of rotatable bonds is 17. The minimum atomic E-state index is 0.939. The van der Waals surface area contributed by atoms with Crippen molar-refractivity contribution in [2.75, 3.05) is 0 Å². The molecule has 0 fully saturated rings. The van der Waals surface area contributed by atoms with Gasteiger partial charge in [-0.25, -0.2) is 0 Å². The summed E-state index contributed by atoms with van der Waals surface area (Å²) >= 11 is 7.71. The SMILES string of the molecule is CCCCCCCCc1cc2scc(-c3ccnc(-c4cc(-c5csc6cc(CCCCCCCC)sc56)ccn4)c3)c2s1. The van der Waals surface area contributed by atoms with Crippen LogP contribution in [0.15, 0.2) is 59.6 Å². The maximum absolute atomic E-state index is 4.77. The van der Waals surface area contributed by atoms with Gasteiger partial charge < -0.3 is 0 Å². The second kappa shape index (κ2) is 15.8. The first-order valence-corrected chi connectivity index (χ1v) is 20.1. The Labute approximate surface area is 279 Å². The predicted octanol–water partition coefficient (Wildman–Crippen LogP) is 13.8. The Balaban J connectivity index is 1.16. The highest BCUT2D eigenvalue weighted by molar-refractivity contribution is 7.28. The number of nitrogens with zero attached hydrogens (tertiary/aromatic N) is 2. The van der Waals surface area contributed by atoms with Gasteiger partial charge in [0.2, 0.25) is 0 Å². The van der Waals surface area contributed by atoms with Crippen LogP contribution in [0.4, 0.5) is 0 Å². The summed E-state index contributed by atoms with van der Waals surface area (Å²) in [6, 6.07) is 13.6. The highest BCUT2D eigenvalue weighted by Crippen LogP contribution is 2.42. The molecule has 0 saturated heterocycles. The van der Waals surface area contributed by atoms with E-state index >= 15 is 0 Å². The van der Waals surface area contributed by atoms with Crippen molar-refractivity contribution in [3.8, 4) is 33.6 Å². The molecular formula is C38H44N2S4. The Morgan fingerprint density at radius 3 is 1.41 bits per heavy atom. The van der Waals surface area contributed by atoms with E-state index in [2.05, 4.69) is 61.0 Å². The number of pyridine rings is 2. The van der Waals surface area contributed by atoms with E-state index in [1.54, 1.807) is 0 Å². The van der Waals surface area contributed by atoms with E-state index in [0.29, 0.717) is 0 Å². The molecule has 0 spiro atoms. The Kier molecular flexibility index (Phi) is 11.3. The number of hydrogen-bond donors (Lipinski definition) is 0. The Hall–Kier alpha value is -2.38. The van der Waals surface area contributed by atoms with Crippen molar-refractivity contribution >= 4 is 64.1 Å². The van der Waals surface area contributed by atoms with Gasteiger partial charge in [0.15, 0.2) is 0 Å². The molecule has 0 saturated carbocycles. The van der Waals surface area contributed by atoms with Crippen LogP contribution in [0.3, 0.4) is 0 Å². The van der Waals surface area contributed by atoms with Gasteiger partial charge in [-0.05, 0) is 73.2 Å². The van der Waals surface area contributed by atoms with Gasteiger partial charge in [0, 0.05) is 53.4 Å². The van der Waals surface area contributed by atoms with Crippen LogP contribution in [0.5, 0.6) is 0 Å². The van der Waals surface area contributed by atoms with Crippen LogP contribution in [0.25, 0.3) is 52.4 Å². The average molecular weight is 657 g/mol. The monoisotopic (exact) mass is 656 g/mol. The largest absolute Gasteiger partial charge is 0.255 e. The van der Waals surface area contributed by atoms with E-state index in [9.17, 15) is 0 Å². The van der Waals surface area contributed by atoms with Crippen LogP contribution >= 0.6 is 45.3 Å². The summed E-state index contributed by atoms with van der Waals surface area (Å²) in [5.74, 6) is 0. The Morgan fingerprint density at radius 1 is 0.523 bits per heavy atom. The first-order valence-electron chi connectivity index (χ1n) is 16.7. The number of aromatic nitrogens is 2. The summed E-state index contributed by atoms with van der Waals surface area (Å²) in [5.41, 5.74) is 7.01. The summed E-state index contributed by atoms with van der Waals surface area (Å²) in [6.07, 6.45) is 22.5. The molecule has 0 atom stereocenters. The quantitative estimate of drug-likeness (QED) is 0.0913. The molecule has 6 aromatic heterocycles. The molecule has 2 nitrogen and oxygen atoms in total. The topological polar surface area (TPSA) is 25.8 Å². The molecule has 0 amide bonds. The smallest absolute Gasteiger partial charge is 0.0892 e.